The van der Waals surface area contributed by atoms with Crippen LogP contribution in [0.25, 0.3) is 0 Å². The summed E-state index contributed by atoms with van der Waals surface area (Å²) in [5, 5.41) is 0. The second kappa shape index (κ2) is 5.82. The number of hydrogen-bond acceptors (Lipinski definition) is 3. The van der Waals surface area contributed by atoms with E-state index in [1.54, 1.807) is 4.90 Å². The first-order valence-corrected chi connectivity index (χ1v) is 7.80. The molecule has 0 saturated carbocycles. The van der Waals surface area contributed by atoms with Crippen molar-refractivity contribution in [3.63, 3.8) is 0 Å². The average molecular weight is 305 g/mol. The SMILES string of the molecule is CC(C)(C)OC(=O)N1CC(Oc2ccc(C(C)(C)C)cc2)C1. The Kier molecular flexibility index (Phi) is 4.41. The first kappa shape index (κ1) is 16.7. The van der Waals surface area contributed by atoms with Crippen LogP contribution in [0.5, 0.6) is 5.75 Å². The molecule has 1 fully saturated rings. The molecule has 0 atom stereocenters. The number of rotatable bonds is 2. The zero-order valence-electron chi connectivity index (χ0n) is 14.5. The predicted molar refractivity (Wildman–Crippen MR) is 87.4 cm³/mol. The van der Waals surface area contributed by atoms with E-state index in [1.807, 2.05) is 32.9 Å². The highest BCUT2D eigenvalue weighted by Crippen LogP contribution is 2.26. The molecule has 1 aromatic carbocycles. The summed E-state index contributed by atoms with van der Waals surface area (Å²) in [6.07, 6.45) is -0.219. The van der Waals surface area contributed by atoms with Gasteiger partial charge in [0.25, 0.3) is 0 Å². The highest BCUT2D eigenvalue weighted by Gasteiger charge is 2.35. The molecular weight excluding hydrogens is 278 g/mol. The molecule has 1 aliphatic heterocycles. The van der Waals surface area contributed by atoms with Crippen LogP contribution in [0, 0.1) is 0 Å². The summed E-state index contributed by atoms with van der Waals surface area (Å²) in [4.78, 5) is 13.5. The number of carbonyl (C=O) groups is 1. The van der Waals surface area contributed by atoms with Crippen molar-refractivity contribution in [1.29, 1.82) is 0 Å². The molecule has 1 heterocycles. The van der Waals surface area contributed by atoms with Gasteiger partial charge in [-0.05, 0) is 43.9 Å². The summed E-state index contributed by atoms with van der Waals surface area (Å²) in [6, 6.07) is 8.19. The number of hydrogen-bond donors (Lipinski definition) is 0. The summed E-state index contributed by atoms with van der Waals surface area (Å²) >= 11 is 0. The lowest BCUT2D eigenvalue weighted by Crippen LogP contribution is -2.57. The van der Waals surface area contributed by atoms with Gasteiger partial charge in [0.05, 0.1) is 13.1 Å². The fourth-order valence-corrected chi connectivity index (χ4v) is 2.21. The second-order valence-corrected chi connectivity index (χ2v) is 7.90. The monoisotopic (exact) mass is 305 g/mol. The molecule has 0 unspecified atom stereocenters. The van der Waals surface area contributed by atoms with Gasteiger partial charge >= 0.3 is 6.09 Å². The van der Waals surface area contributed by atoms with Crippen molar-refractivity contribution in [3.05, 3.63) is 29.8 Å². The van der Waals surface area contributed by atoms with E-state index in [0.29, 0.717) is 13.1 Å². The number of benzene rings is 1. The molecule has 0 N–H and O–H groups in total. The third-order valence-corrected chi connectivity index (χ3v) is 3.52. The Morgan fingerprint density at radius 3 is 2.05 bits per heavy atom. The quantitative estimate of drug-likeness (QED) is 0.829. The summed E-state index contributed by atoms with van der Waals surface area (Å²) < 4.78 is 11.2. The molecule has 1 amide bonds. The van der Waals surface area contributed by atoms with Crippen LogP contribution in [0.2, 0.25) is 0 Å². The molecule has 4 heteroatoms. The average Bonchev–Trinajstić information content (AvgIpc) is 2.30. The fourth-order valence-electron chi connectivity index (χ4n) is 2.21. The molecule has 122 valence electrons. The van der Waals surface area contributed by atoms with Crippen LogP contribution in [0.4, 0.5) is 4.79 Å². The highest BCUT2D eigenvalue weighted by atomic mass is 16.6. The summed E-state index contributed by atoms with van der Waals surface area (Å²) in [6.45, 7) is 13.3. The molecular formula is C18H27NO3. The lowest BCUT2D eigenvalue weighted by Gasteiger charge is -2.39. The van der Waals surface area contributed by atoms with E-state index in [1.165, 1.54) is 5.56 Å². The maximum atomic E-state index is 11.8. The third kappa shape index (κ3) is 4.39. The zero-order valence-corrected chi connectivity index (χ0v) is 14.5. The van der Waals surface area contributed by atoms with Gasteiger partial charge in [-0.1, -0.05) is 32.9 Å². The summed E-state index contributed by atoms with van der Waals surface area (Å²) in [5.74, 6) is 0.849. The minimum absolute atomic E-state index is 0.0491. The molecule has 1 aromatic rings. The summed E-state index contributed by atoms with van der Waals surface area (Å²) in [5.41, 5.74) is 0.970. The van der Waals surface area contributed by atoms with E-state index in [-0.39, 0.29) is 17.6 Å². The first-order chi connectivity index (χ1) is 10.0. The molecule has 1 saturated heterocycles. The van der Waals surface area contributed by atoms with Gasteiger partial charge in [0.1, 0.15) is 17.5 Å². The van der Waals surface area contributed by atoms with Crippen LogP contribution in [0.1, 0.15) is 47.1 Å². The van der Waals surface area contributed by atoms with Gasteiger partial charge in [-0.15, -0.1) is 0 Å². The lowest BCUT2D eigenvalue weighted by atomic mass is 9.87. The van der Waals surface area contributed by atoms with Gasteiger partial charge in [0.15, 0.2) is 0 Å². The maximum absolute atomic E-state index is 11.8. The first-order valence-electron chi connectivity index (χ1n) is 7.80. The van der Waals surface area contributed by atoms with Crippen LogP contribution in [-0.2, 0) is 10.2 Å². The Balaban J connectivity index is 1.82. The Labute approximate surface area is 133 Å². The van der Waals surface area contributed by atoms with Crippen molar-refractivity contribution in [2.75, 3.05) is 13.1 Å². The smallest absolute Gasteiger partial charge is 0.410 e. The third-order valence-electron chi connectivity index (χ3n) is 3.52. The normalized spacial score (nSPS) is 16.2. The van der Waals surface area contributed by atoms with Crippen molar-refractivity contribution in [3.8, 4) is 5.75 Å². The van der Waals surface area contributed by atoms with Gasteiger partial charge in [-0.3, -0.25) is 0 Å². The van der Waals surface area contributed by atoms with Crippen molar-refractivity contribution in [1.82, 2.24) is 4.90 Å². The number of likely N-dealkylation sites (tertiary alicyclic amines) is 1. The van der Waals surface area contributed by atoms with Crippen LogP contribution < -0.4 is 4.74 Å². The van der Waals surface area contributed by atoms with Gasteiger partial charge < -0.3 is 14.4 Å². The topological polar surface area (TPSA) is 38.8 Å². The molecule has 22 heavy (non-hydrogen) atoms. The van der Waals surface area contributed by atoms with E-state index >= 15 is 0 Å². The van der Waals surface area contributed by atoms with E-state index < -0.39 is 5.60 Å². The minimum Gasteiger partial charge on any atom is -0.487 e. The van der Waals surface area contributed by atoms with E-state index in [9.17, 15) is 4.79 Å². The highest BCUT2D eigenvalue weighted by molar-refractivity contribution is 5.69. The molecule has 0 radical (unpaired) electrons. The van der Waals surface area contributed by atoms with Crippen molar-refractivity contribution in [2.45, 2.75) is 58.7 Å². The largest absolute Gasteiger partial charge is 0.487 e. The number of carbonyl (C=O) groups excluding carboxylic acids is 1. The van der Waals surface area contributed by atoms with Crippen LogP contribution in [0.3, 0.4) is 0 Å². The molecule has 1 aliphatic rings. The number of nitrogens with zero attached hydrogens (tertiary/aromatic N) is 1. The molecule has 0 spiro atoms. The number of amides is 1. The standard InChI is InChI=1S/C18H27NO3/c1-17(2,3)13-7-9-14(10-8-13)21-15-11-19(12-15)16(20)22-18(4,5)6/h7-10,15H,11-12H2,1-6H3. The van der Waals surface area contributed by atoms with Crippen LogP contribution >= 0.6 is 0 Å². The lowest BCUT2D eigenvalue weighted by molar-refractivity contribution is -0.0221. The van der Waals surface area contributed by atoms with E-state index in [0.717, 1.165) is 5.75 Å². The van der Waals surface area contributed by atoms with Crippen LogP contribution in [-0.4, -0.2) is 35.8 Å². The van der Waals surface area contributed by atoms with E-state index in [2.05, 4.69) is 32.9 Å². The van der Waals surface area contributed by atoms with E-state index in [4.69, 9.17) is 9.47 Å². The Hall–Kier alpha value is -1.71. The van der Waals surface area contributed by atoms with Crippen LogP contribution in [0.15, 0.2) is 24.3 Å². The van der Waals surface area contributed by atoms with Gasteiger partial charge in [0.2, 0.25) is 0 Å². The minimum atomic E-state index is -0.453. The van der Waals surface area contributed by atoms with Crippen molar-refractivity contribution in [2.24, 2.45) is 0 Å². The van der Waals surface area contributed by atoms with Gasteiger partial charge in [-0.2, -0.15) is 0 Å². The second-order valence-electron chi connectivity index (χ2n) is 7.90. The Morgan fingerprint density at radius 1 is 1.05 bits per heavy atom. The van der Waals surface area contributed by atoms with Crippen molar-refractivity contribution >= 4 is 6.09 Å². The molecule has 4 nitrogen and oxygen atoms in total. The predicted octanol–water partition coefficient (Wildman–Crippen LogP) is 3.98. The zero-order chi connectivity index (χ0) is 16.5. The van der Waals surface area contributed by atoms with Gasteiger partial charge in [0, 0.05) is 0 Å². The molecule has 0 bridgehead atoms. The van der Waals surface area contributed by atoms with Gasteiger partial charge in [-0.25, -0.2) is 4.79 Å². The number of ether oxygens (including phenoxy) is 2. The van der Waals surface area contributed by atoms with Crippen molar-refractivity contribution < 1.29 is 14.3 Å². The molecule has 0 aliphatic carbocycles. The Bertz CT molecular complexity index is 517. The Morgan fingerprint density at radius 2 is 1.59 bits per heavy atom. The molecule has 0 aromatic heterocycles. The molecule has 2 rings (SSSR count). The fraction of sp³-hybridized carbons (Fsp3) is 0.611. The maximum Gasteiger partial charge on any atom is 0.410 e. The summed E-state index contributed by atoms with van der Waals surface area (Å²) in [7, 11) is 0.